The van der Waals surface area contributed by atoms with Gasteiger partial charge in [-0.1, -0.05) is 23.7 Å². The van der Waals surface area contributed by atoms with E-state index in [4.69, 9.17) is 17.3 Å². The van der Waals surface area contributed by atoms with Gasteiger partial charge in [0, 0.05) is 17.3 Å². The third kappa shape index (κ3) is 2.38. The highest BCUT2D eigenvalue weighted by atomic mass is 35.5. The van der Waals surface area contributed by atoms with Crippen molar-refractivity contribution in [3.05, 3.63) is 70.6 Å². The molecule has 0 aliphatic heterocycles. The molecule has 2 aromatic heterocycles. The molecular weight excluding hydrogens is 270 g/mol. The maximum atomic E-state index is 6.27. The Morgan fingerprint density at radius 3 is 2.80 bits per heavy atom. The van der Waals surface area contributed by atoms with Gasteiger partial charge in [-0.05, 0) is 42.8 Å². The van der Waals surface area contributed by atoms with Crippen LogP contribution >= 0.6 is 11.6 Å². The average Bonchev–Trinajstić information content (AvgIpc) is 2.46. The van der Waals surface area contributed by atoms with E-state index in [0.717, 1.165) is 22.2 Å². The largest absolute Gasteiger partial charge is 0.319 e. The number of hydrogen-bond donors (Lipinski definition) is 1. The van der Waals surface area contributed by atoms with Crippen LogP contribution < -0.4 is 5.73 Å². The third-order valence-corrected chi connectivity index (χ3v) is 3.61. The Hall–Kier alpha value is -1.97. The number of fused-ring (bicyclic) bond motifs is 1. The molecule has 0 saturated heterocycles. The van der Waals surface area contributed by atoms with E-state index < -0.39 is 0 Å². The zero-order valence-corrected chi connectivity index (χ0v) is 11.8. The van der Waals surface area contributed by atoms with Crippen LogP contribution in [-0.4, -0.2) is 9.97 Å². The summed E-state index contributed by atoms with van der Waals surface area (Å²) in [5, 5.41) is 1.65. The Labute approximate surface area is 122 Å². The van der Waals surface area contributed by atoms with Crippen molar-refractivity contribution in [2.45, 2.75) is 13.0 Å². The number of aryl methyl sites for hydroxylation is 1. The number of rotatable bonds is 2. The highest BCUT2D eigenvalue weighted by molar-refractivity contribution is 6.31. The summed E-state index contributed by atoms with van der Waals surface area (Å²) in [5.74, 6) is 0. The molecule has 0 amide bonds. The summed E-state index contributed by atoms with van der Waals surface area (Å²) in [4.78, 5) is 8.76. The fourth-order valence-electron chi connectivity index (χ4n) is 2.22. The summed E-state index contributed by atoms with van der Waals surface area (Å²) >= 11 is 6.15. The summed E-state index contributed by atoms with van der Waals surface area (Å²) in [5.41, 5.74) is 9.90. The van der Waals surface area contributed by atoms with E-state index in [9.17, 15) is 0 Å². The van der Waals surface area contributed by atoms with Crippen molar-refractivity contribution in [2.24, 2.45) is 5.73 Å². The van der Waals surface area contributed by atoms with E-state index in [0.29, 0.717) is 10.7 Å². The van der Waals surface area contributed by atoms with Crippen LogP contribution in [0.1, 0.15) is 23.0 Å². The zero-order valence-electron chi connectivity index (χ0n) is 11.0. The van der Waals surface area contributed by atoms with E-state index in [1.807, 2.05) is 37.3 Å². The minimum absolute atomic E-state index is 0.339. The molecule has 1 atom stereocenters. The molecule has 3 nitrogen and oxygen atoms in total. The van der Waals surface area contributed by atoms with Gasteiger partial charge in [-0.15, -0.1) is 0 Å². The highest BCUT2D eigenvalue weighted by Crippen LogP contribution is 2.26. The quantitative estimate of drug-likeness (QED) is 0.781. The molecule has 0 aliphatic rings. The number of nitrogens with two attached hydrogens (primary N) is 1. The molecule has 0 spiro atoms. The lowest BCUT2D eigenvalue weighted by Crippen LogP contribution is -2.14. The maximum Gasteiger partial charge on any atom is 0.0802 e. The molecule has 0 saturated carbocycles. The summed E-state index contributed by atoms with van der Waals surface area (Å²) in [6.07, 6.45) is 1.70. The summed E-state index contributed by atoms with van der Waals surface area (Å²) < 4.78 is 0. The van der Waals surface area contributed by atoms with Crippen LogP contribution in [-0.2, 0) is 0 Å². The van der Waals surface area contributed by atoms with Crippen LogP contribution in [0.4, 0.5) is 0 Å². The monoisotopic (exact) mass is 283 g/mol. The Bertz CT molecular complexity index is 771. The van der Waals surface area contributed by atoms with Crippen molar-refractivity contribution in [3.63, 3.8) is 0 Å². The third-order valence-electron chi connectivity index (χ3n) is 3.29. The predicted octanol–water partition coefficient (Wildman–Crippen LogP) is 3.64. The van der Waals surface area contributed by atoms with E-state index >= 15 is 0 Å². The Morgan fingerprint density at radius 1 is 1.15 bits per heavy atom. The fraction of sp³-hybridized carbons (Fsp3) is 0.125. The van der Waals surface area contributed by atoms with Gasteiger partial charge in [-0.2, -0.15) is 0 Å². The molecule has 0 bridgehead atoms. The first-order valence-corrected chi connectivity index (χ1v) is 6.76. The van der Waals surface area contributed by atoms with Gasteiger partial charge < -0.3 is 5.73 Å². The van der Waals surface area contributed by atoms with E-state index in [1.165, 1.54) is 0 Å². The fourth-order valence-corrected chi connectivity index (χ4v) is 2.46. The maximum absolute atomic E-state index is 6.27. The van der Waals surface area contributed by atoms with Gasteiger partial charge in [0.25, 0.3) is 0 Å². The molecule has 4 heteroatoms. The second-order valence-electron chi connectivity index (χ2n) is 4.75. The van der Waals surface area contributed by atoms with E-state index in [1.54, 1.807) is 18.3 Å². The molecule has 2 N–H and O–H groups in total. The Morgan fingerprint density at radius 2 is 2.00 bits per heavy atom. The highest BCUT2D eigenvalue weighted by Gasteiger charge is 2.14. The lowest BCUT2D eigenvalue weighted by molar-refractivity contribution is 0.830. The molecule has 1 aromatic carbocycles. The Kier molecular flexibility index (Phi) is 3.38. The molecule has 3 aromatic rings. The zero-order chi connectivity index (χ0) is 14.1. The molecule has 0 radical (unpaired) electrons. The molecule has 1 unspecified atom stereocenters. The van der Waals surface area contributed by atoms with Crippen LogP contribution in [0.3, 0.4) is 0 Å². The first-order chi connectivity index (χ1) is 9.65. The first-order valence-electron chi connectivity index (χ1n) is 6.38. The average molecular weight is 284 g/mol. The molecule has 3 rings (SSSR count). The number of pyridine rings is 2. The molecule has 2 heterocycles. The van der Waals surface area contributed by atoms with Crippen LogP contribution in [0.25, 0.3) is 10.9 Å². The molecule has 0 aliphatic carbocycles. The second kappa shape index (κ2) is 5.19. The van der Waals surface area contributed by atoms with Crippen molar-refractivity contribution in [3.8, 4) is 0 Å². The number of halogens is 1. The Balaban J connectivity index is 2.06. The molecule has 100 valence electrons. The lowest BCUT2D eigenvalue weighted by atomic mass is 10.0. The lowest BCUT2D eigenvalue weighted by Gasteiger charge is -2.13. The normalized spacial score (nSPS) is 12.6. The van der Waals surface area contributed by atoms with Gasteiger partial charge in [0.15, 0.2) is 0 Å². The minimum Gasteiger partial charge on any atom is -0.319 e. The van der Waals surface area contributed by atoms with Crippen molar-refractivity contribution in [1.82, 2.24) is 9.97 Å². The summed E-state index contributed by atoms with van der Waals surface area (Å²) in [7, 11) is 0. The van der Waals surface area contributed by atoms with Crippen LogP contribution in [0.15, 0.2) is 48.7 Å². The van der Waals surface area contributed by atoms with Crippen LogP contribution in [0, 0.1) is 6.92 Å². The second-order valence-corrected chi connectivity index (χ2v) is 5.16. The molecule has 20 heavy (non-hydrogen) atoms. The van der Waals surface area contributed by atoms with E-state index in [2.05, 4.69) is 9.97 Å². The van der Waals surface area contributed by atoms with Crippen molar-refractivity contribution in [2.75, 3.05) is 0 Å². The van der Waals surface area contributed by atoms with Crippen LogP contribution in [0.5, 0.6) is 0 Å². The summed E-state index contributed by atoms with van der Waals surface area (Å²) in [6.45, 7) is 1.98. The first kappa shape index (κ1) is 13.0. The number of aromatic nitrogens is 2. The van der Waals surface area contributed by atoms with Gasteiger partial charge in [-0.3, -0.25) is 9.97 Å². The van der Waals surface area contributed by atoms with Gasteiger partial charge in [0.05, 0.1) is 22.3 Å². The molecular formula is C16H14ClN3. The van der Waals surface area contributed by atoms with Gasteiger partial charge in [0.1, 0.15) is 0 Å². The molecule has 0 fully saturated rings. The smallest absolute Gasteiger partial charge is 0.0802 e. The van der Waals surface area contributed by atoms with Gasteiger partial charge in [-0.25, -0.2) is 0 Å². The van der Waals surface area contributed by atoms with Crippen molar-refractivity contribution in [1.29, 1.82) is 0 Å². The van der Waals surface area contributed by atoms with Gasteiger partial charge in [0.2, 0.25) is 0 Å². The number of benzene rings is 1. The van der Waals surface area contributed by atoms with E-state index in [-0.39, 0.29) is 6.04 Å². The van der Waals surface area contributed by atoms with Gasteiger partial charge >= 0.3 is 0 Å². The minimum atomic E-state index is -0.339. The van der Waals surface area contributed by atoms with Crippen LogP contribution in [0.2, 0.25) is 5.02 Å². The SMILES string of the molecule is Cc1ccc2cc(C(N)c3ncccc3Cl)ccc2n1. The topological polar surface area (TPSA) is 51.8 Å². The summed E-state index contributed by atoms with van der Waals surface area (Å²) in [6, 6.07) is 13.3. The standard InChI is InChI=1S/C16H14ClN3/c1-10-4-5-11-9-12(6-7-14(11)20-10)15(18)16-13(17)3-2-8-19-16/h2-9,15H,18H2,1H3. The number of nitrogens with zero attached hydrogens (tertiary/aromatic N) is 2. The van der Waals surface area contributed by atoms with Crippen molar-refractivity contribution >= 4 is 22.5 Å². The number of hydrogen-bond acceptors (Lipinski definition) is 3. The van der Waals surface area contributed by atoms with Crippen molar-refractivity contribution < 1.29 is 0 Å². The predicted molar refractivity (Wildman–Crippen MR) is 81.8 cm³/mol.